The summed E-state index contributed by atoms with van der Waals surface area (Å²) in [5, 5.41) is -0.271. The maximum Gasteiger partial charge on any atom is 0.206 e. The Labute approximate surface area is 124 Å². The van der Waals surface area contributed by atoms with Gasteiger partial charge in [-0.15, -0.1) is 6.42 Å². The second kappa shape index (κ2) is 12.6. The minimum Gasteiger partial charge on any atom is -0.319 e. The lowest BCUT2D eigenvalue weighted by molar-refractivity contribution is -0.120. The molecule has 1 atom stereocenters. The number of rotatable bonds is 12. The molecule has 19 heavy (non-hydrogen) atoms. The van der Waals surface area contributed by atoms with Crippen LogP contribution >= 0.6 is 23.8 Å². The van der Waals surface area contributed by atoms with Crippen LogP contribution in [0.25, 0.3) is 0 Å². The van der Waals surface area contributed by atoms with Crippen LogP contribution in [0.5, 0.6) is 0 Å². The SMILES string of the molecule is C#CC(=O)CC(SCCCCCCSOC)C(C)=O. The molecule has 0 heterocycles. The van der Waals surface area contributed by atoms with Crippen LogP contribution in [0, 0.1) is 12.3 Å². The quantitative estimate of drug-likeness (QED) is 0.240. The summed E-state index contributed by atoms with van der Waals surface area (Å²) in [6.07, 6.45) is 9.72. The van der Waals surface area contributed by atoms with Gasteiger partial charge in [0.1, 0.15) is 5.78 Å². The van der Waals surface area contributed by atoms with Gasteiger partial charge < -0.3 is 4.18 Å². The van der Waals surface area contributed by atoms with Gasteiger partial charge in [0.05, 0.1) is 12.4 Å². The highest BCUT2D eigenvalue weighted by Gasteiger charge is 2.17. The van der Waals surface area contributed by atoms with Crippen LogP contribution in [0.1, 0.15) is 39.0 Å². The van der Waals surface area contributed by atoms with E-state index in [4.69, 9.17) is 10.6 Å². The first-order chi connectivity index (χ1) is 9.11. The molecule has 0 aromatic heterocycles. The molecule has 108 valence electrons. The fraction of sp³-hybridized carbons (Fsp3) is 0.714. The Hall–Kier alpha value is -0.440. The molecule has 0 aliphatic heterocycles. The molecule has 0 bridgehead atoms. The van der Waals surface area contributed by atoms with Crippen molar-refractivity contribution in [3.05, 3.63) is 0 Å². The van der Waals surface area contributed by atoms with Crippen molar-refractivity contribution in [3.8, 4) is 12.3 Å². The number of thioether (sulfide) groups is 1. The summed E-state index contributed by atoms with van der Waals surface area (Å²) in [6.45, 7) is 1.52. The van der Waals surface area contributed by atoms with E-state index < -0.39 is 0 Å². The molecule has 0 fully saturated rings. The van der Waals surface area contributed by atoms with E-state index in [1.165, 1.54) is 25.4 Å². The van der Waals surface area contributed by atoms with Crippen LogP contribution in [-0.4, -0.2) is 35.4 Å². The van der Waals surface area contributed by atoms with Crippen molar-refractivity contribution < 1.29 is 13.8 Å². The molecule has 0 N–H and O–H groups in total. The van der Waals surface area contributed by atoms with Gasteiger partial charge in [-0.2, -0.15) is 11.8 Å². The van der Waals surface area contributed by atoms with Crippen molar-refractivity contribution >= 4 is 35.4 Å². The van der Waals surface area contributed by atoms with E-state index in [1.807, 2.05) is 0 Å². The van der Waals surface area contributed by atoms with Crippen LogP contribution in [0.3, 0.4) is 0 Å². The van der Waals surface area contributed by atoms with Gasteiger partial charge in [0.15, 0.2) is 0 Å². The third-order valence-corrected chi connectivity index (χ3v) is 4.66. The number of carbonyl (C=O) groups excluding carboxylic acids is 2. The fourth-order valence-electron chi connectivity index (χ4n) is 1.47. The van der Waals surface area contributed by atoms with Crippen molar-refractivity contribution in [1.82, 2.24) is 0 Å². The molecule has 0 aliphatic rings. The predicted octanol–water partition coefficient (Wildman–Crippen LogP) is 3.12. The Morgan fingerprint density at radius 3 is 2.37 bits per heavy atom. The lowest BCUT2D eigenvalue weighted by Gasteiger charge is -2.10. The highest BCUT2D eigenvalue weighted by Crippen LogP contribution is 2.19. The zero-order valence-corrected chi connectivity index (χ0v) is 13.3. The van der Waals surface area contributed by atoms with Crippen molar-refractivity contribution in [2.45, 2.75) is 44.3 Å². The molecule has 1 unspecified atom stereocenters. The maximum atomic E-state index is 11.4. The van der Waals surface area contributed by atoms with E-state index in [2.05, 4.69) is 5.92 Å². The Bertz CT molecular complexity index is 310. The molecular formula is C14H22O3S2. The van der Waals surface area contributed by atoms with Gasteiger partial charge in [-0.1, -0.05) is 12.8 Å². The predicted molar refractivity (Wildman–Crippen MR) is 83.3 cm³/mol. The minimum atomic E-state index is -0.288. The third-order valence-electron chi connectivity index (χ3n) is 2.54. The zero-order chi connectivity index (χ0) is 14.5. The van der Waals surface area contributed by atoms with Gasteiger partial charge in [0.2, 0.25) is 5.78 Å². The summed E-state index contributed by atoms with van der Waals surface area (Å²) in [4.78, 5) is 22.5. The molecule has 0 radical (unpaired) electrons. The van der Waals surface area contributed by atoms with Crippen LogP contribution in [0.4, 0.5) is 0 Å². The van der Waals surface area contributed by atoms with Gasteiger partial charge in [-0.25, -0.2) is 0 Å². The molecule has 0 saturated carbocycles. The molecular weight excluding hydrogens is 280 g/mol. The molecule has 0 aromatic rings. The second-order valence-electron chi connectivity index (χ2n) is 4.14. The number of carbonyl (C=O) groups is 2. The van der Waals surface area contributed by atoms with Crippen LogP contribution in [0.15, 0.2) is 0 Å². The van der Waals surface area contributed by atoms with Gasteiger partial charge >= 0.3 is 0 Å². The number of hydrogen-bond acceptors (Lipinski definition) is 5. The number of hydrogen-bond donors (Lipinski definition) is 0. The normalized spacial score (nSPS) is 11.8. The highest BCUT2D eigenvalue weighted by molar-refractivity contribution is 8.00. The first-order valence-electron chi connectivity index (χ1n) is 6.39. The van der Waals surface area contributed by atoms with Crippen LogP contribution < -0.4 is 0 Å². The average Bonchev–Trinajstić information content (AvgIpc) is 2.39. The Kier molecular flexibility index (Phi) is 12.3. The highest BCUT2D eigenvalue weighted by atomic mass is 32.2. The van der Waals surface area contributed by atoms with E-state index in [0.29, 0.717) is 0 Å². The number of unbranched alkanes of at least 4 members (excludes halogenated alkanes) is 3. The summed E-state index contributed by atoms with van der Waals surface area (Å²) in [5.74, 6) is 3.73. The summed E-state index contributed by atoms with van der Waals surface area (Å²) in [7, 11) is 1.68. The van der Waals surface area contributed by atoms with E-state index in [1.54, 1.807) is 18.9 Å². The van der Waals surface area contributed by atoms with Crippen molar-refractivity contribution in [2.75, 3.05) is 18.6 Å². The summed E-state index contributed by atoms with van der Waals surface area (Å²) < 4.78 is 4.90. The zero-order valence-electron chi connectivity index (χ0n) is 11.6. The molecule has 0 spiro atoms. The number of Topliss-reactive ketones (excluding diaryl/α,β-unsaturated/α-hetero) is 2. The van der Waals surface area contributed by atoms with E-state index in [-0.39, 0.29) is 23.2 Å². The largest absolute Gasteiger partial charge is 0.319 e. The molecule has 3 nitrogen and oxygen atoms in total. The minimum absolute atomic E-state index is 0.0325. The monoisotopic (exact) mass is 302 g/mol. The smallest absolute Gasteiger partial charge is 0.206 e. The lowest BCUT2D eigenvalue weighted by atomic mass is 10.2. The van der Waals surface area contributed by atoms with Crippen molar-refractivity contribution in [1.29, 1.82) is 0 Å². The summed E-state index contributed by atoms with van der Waals surface area (Å²) in [5.41, 5.74) is 0. The Morgan fingerprint density at radius 2 is 1.84 bits per heavy atom. The van der Waals surface area contributed by atoms with Gasteiger partial charge in [0, 0.05) is 12.2 Å². The number of ketones is 2. The van der Waals surface area contributed by atoms with Crippen molar-refractivity contribution in [3.63, 3.8) is 0 Å². The molecule has 0 saturated heterocycles. The van der Waals surface area contributed by atoms with Gasteiger partial charge in [0.25, 0.3) is 0 Å². The number of terminal acetylenes is 1. The van der Waals surface area contributed by atoms with E-state index >= 15 is 0 Å². The standard InChI is InChI=1S/C14H22O3S2/c1-4-13(16)11-14(12(2)15)18-9-7-5-6-8-10-19-17-3/h1,14H,5-11H2,2-3H3. The first-order valence-corrected chi connectivity index (χ1v) is 8.34. The van der Waals surface area contributed by atoms with Crippen LogP contribution in [-0.2, 0) is 13.8 Å². The second-order valence-corrected chi connectivity index (χ2v) is 6.43. The lowest BCUT2D eigenvalue weighted by Crippen LogP contribution is -2.18. The third kappa shape index (κ3) is 11.1. The topological polar surface area (TPSA) is 43.4 Å². The van der Waals surface area contributed by atoms with Gasteiger partial charge in [-0.3, -0.25) is 9.59 Å². The summed E-state index contributed by atoms with van der Waals surface area (Å²) in [6, 6.07) is 0. The van der Waals surface area contributed by atoms with Gasteiger partial charge in [-0.05, 0) is 43.5 Å². The van der Waals surface area contributed by atoms with Crippen molar-refractivity contribution in [2.24, 2.45) is 0 Å². The molecule has 0 aliphatic carbocycles. The fourth-order valence-corrected chi connectivity index (χ4v) is 3.12. The Balaban J connectivity index is 3.63. The molecule has 5 heteroatoms. The maximum absolute atomic E-state index is 11.4. The molecule has 0 aromatic carbocycles. The average molecular weight is 302 g/mol. The van der Waals surface area contributed by atoms with E-state index in [0.717, 1.165) is 30.8 Å². The molecule has 0 rings (SSSR count). The Morgan fingerprint density at radius 1 is 1.21 bits per heavy atom. The van der Waals surface area contributed by atoms with Crippen LogP contribution in [0.2, 0.25) is 0 Å². The van der Waals surface area contributed by atoms with E-state index in [9.17, 15) is 9.59 Å². The first kappa shape index (κ1) is 18.6. The summed E-state index contributed by atoms with van der Waals surface area (Å²) >= 11 is 3.03. The molecule has 0 amide bonds.